The van der Waals surface area contributed by atoms with Crippen LogP contribution in [-0.4, -0.2) is 5.78 Å². The minimum Gasteiger partial charge on any atom is -0.299 e. The van der Waals surface area contributed by atoms with Crippen LogP contribution in [0.3, 0.4) is 0 Å². The van der Waals surface area contributed by atoms with Gasteiger partial charge in [0.25, 0.3) is 0 Å². The Morgan fingerprint density at radius 1 is 1.33 bits per heavy atom. The molecule has 0 unspecified atom stereocenters. The van der Waals surface area contributed by atoms with Crippen molar-refractivity contribution in [2.75, 3.05) is 0 Å². The van der Waals surface area contributed by atoms with Gasteiger partial charge in [0.2, 0.25) is 0 Å². The molecule has 1 fully saturated rings. The molecule has 0 aromatic heterocycles. The van der Waals surface area contributed by atoms with Crippen molar-refractivity contribution in [3.05, 3.63) is 34.3 Å². The van der Waals surface area contributed by atoms with Gasteiger partial charge in [-0.3, -0.25) is 4.79 Å². The number of hydrogen-bond acceptors (Lipinski definition) is 1. The molecule has 0 atom stereocenters. The molecule has 0 heterocycles. The summed E-state index contributed by atoms with van der Waals surface area (Å²) in [7, 11) is 0. The first-order valence-electron chi connectivity index (χ1n) is 6.92. The van der Waals surface area contributed by atoms with Crippen LogP contribution in [0.5, 0.6) is 0 Å². The van der Waals surface area contributed by atoms with Gasteiger partial charge in [-0.25, -0.2) is 0 Å². The maximum absolute atomic E-state index is 11.9. The minimum absolute atomic E-state index is 0.327. The molecule has 0 amide bonds. The van der Waals surface area contributed by atoms with Crippen molar-refractivity contribution >= 4 is 17.4 Å². The van der Waals surface area contributed by atoms with E-state index in [1.165, 1.54) is 25.7 Å². The Morgan fingerprint density at radius 2 is 2.06 bits per heavy atom. The lowest BCUT2D eigenvalue weighted by Gasteiger charge is -2.08. The van der Waals surface area contributed by atoms with Gasteiger partial charge in [0.15, 0.2) is 0 Å². The summed E-state index contributed by atoms with van der Waals surface area (Å²) in [6, 6.07) is 5.93. The maximum atomic E-state index is 11.9. The summed E-state index contributed by atoms with van der Waals surface area (Å²) in [5.74, 6) is 1.12. The molecule has 0 aliphatic heterocycles. The van der Waals surface area contributed by atoms with Gasteiger partial charge < -0.3 is 0 Å². The molecule has 1 saturated carbocycles. The molecule has 1 aromatic carbocycles. The van der Waals surface area contributed by atoms with Gasteiger partial charge in [0.05, 0.1) is 0 Å². The largest absolute Gasteiger partial charge is 0.299 e. The summed E-state index contributed by atoms with van der Waals surface area (Å²) in [4.78, 5) is 11.9. The molecule has 1 aliphatic carbocycles. The number of carbonyl (C=O) groups is 1. The lowest BCUT2D eigenvalue weighted by atomic mass is 9.97. The van der Waals surface area contributed by atoms with E-state index >= 15 is 0 Å². The third kappa shape index (κ3) is 3.84. The zero-order chi connectivity index (χ0) is 13.0. The lowest BCUT2D eigenvalue weighted by Crippen LogP contribution is -2.06. The molecule has 0 radical (unpaired) electrons. The Kier molecular flexibility index (Phi) is 4.82. The number of hydrogen-bond donors (Lipinski definition) is 0. The Bertz CT molecular complexity index is 419. The van der Waals surface area contributed by atoms with Gasteiger partial charge in [-0.05, 0) is 36.5 Å². The molecular weight excluding hydrogens is 244 g/mol. The fourth-order valence-electron chi connectivity index (χ4n) is 2.76. The zero-order valence-corrected chi connectivity index (χ0v) is 11.8. The highest BCUT2D eigenvalue weighted by molar-refractivity contribution is 6.31. The topological polar surface area (TPSA) is 17.1 Å². The number of ketones is 1. The van der Waals surface area contributed by atoms with Crippen LogP contribution in [0.2, 0.25) is 5.02 Å². The van der Waals surface area contributed by atoms with Crippen molar-refractivity contribution < 1.29 is 4.79 Å². The Hall–Kier alpha value is -0.820. The van der Waals surface area contributed by atoms with E-state index < -0.39 is 0 Å². The molecule has 98 valence electrons. The van der Waals surface area contributed by atoms with Gasteiger partial charge in [-0.2, -0.15) is 0 Å². The number of Topliss-reactive ketones (excluding diaryl/α,β-unsaturated/α-hetero) is 1. The monoisotopic (exact) mass is 264 g/mol. The van der Waals surface area contributed by atoms with Gasteiger partial charge in [-0.15, -0.1) is 0 Å². The van der Waals surface area contributed by atoms with Gasteiger partial charge >= 0.3 is 0 Å². The average Bonchev–Trinajstić information content (AvgIpc) is 2.83. The summed E-state index contributed by atoms with van der Waals surface area (Å²) in [6.07, 6.45) is 7.62. The van der Waals surface area contributed by atoms with E-state index in [0.29, 0.717) is 12.2 Å². The zero-order valence-electron chi connectivity index (χ0n) is 11.0. The molecule has 1 aromatic rings. The fraction of sp³-hybridized carbons (Fsp3) is 0.562. The molecule has 2 heteroatoms. The molecule has 0 bridgehead atoms. The highest BCUT2D eigenvalue weighted by atomic mass is 35.5. The molecule has 1 aliphatic rings. The quantitative estimate of drug-likeness (QED) is 0.751. The summed E-state index contributed by atoms with van der Waals surface area (Å²) < 4.78 is 0. The molecule has 1 nitrogen and oxygen atoms in total. The maximum Gasteiger partial charge on any atom is 0.137 e. The third-order valence-electron chi connectivity index (χ3n) is 3.90. The van der Waals surface area contributed by atoms with Crippen LogP contribution in [0.4, 0.5) is 0 Å². The van der Waals surface area contributed by atoms with Crippen LogP contribution in [-0.2, 0) is 11.2 Å². The first kappa shape index (κ1) is 13.6. The van der Waals surface area contributed by atoms with Crippen LogP contribution < -0.4 is 0 Å². The van der Waals surface area contributed by atoms with E-state index in [4.69, 9.17) is 11.6 Å². The van der Waals surface area contributed by atoms with E-state index in [1.54, 1.807) is 0 Å². The number of halogens is 1. The summed E-state index contributed by atoms with van der Waals surface area (Å²) >= 11 is 6.15. The average molecular weight is 265 g/mol. The van der Waals surface area contributed by atoms with E-state index in [2.05, 4.69) is 0 Å². The van der Waals surface area contributed by atoms with Crippen LogP contribution in [0.1, 0.15) is 49.7 Å². The smallest absolute Gasteiger partial charge is 0.137 e. The van der Waals surface area contributed by atoms with Crippen molar-refractivity contribution in [2.45, 2.75) is 51.9 Å². The summed E-state index contributed by atoms with van der Waals surface area (Å²) in [6.45, 7) is 2.01. The first-order valence-corrected chi connectivity index (χ1v) is 7.29. The summed E-state index contributed by atoms with van der Waals surface area (Å²) in [5, 5.41) is 0.726. The number of rotatable bonds is 5. The number of carbonyl (C=O) groups excluding carboxylic acids is 1. The highest BCUT2D eigenvalue weighted by Gasteiger charge is 2.16. The standard InChI is InChI=1S/C16H21ClO/c1-12-6-8-14(16(17)10-12)11-15(18)9-7-13-4-2-3-5-13/h6,8,10,13H,2-5,7,9,11H2,1H3. The third-order valence-corrected chi connectivity index (χ3v) is 4.25. The minimum atomic E-state index is 0.327. The highest BCUT2D eigenvalue weighted by Crippen LogP contribution is 2.29. The van der Waals surface area contributed by atoms with Crippen LogP contribution in [0, 0.1) is 12.8 Å². The Labute approximate surface area is 115 Å². The molecule has 2 rings (SSSR count). The van der Waals surface area contributed by atoms with Crippen molar-refractivity contribution in [3.63, 3.8) is 0 Å². The normalized spacial score (nSPS) is 16.1. The van der Waals surface area contributed by atoms with Crippen molar-refractivity contribution in [1.29, 1.82) is 0 Å². The van der Waals surface area contributed by atoms with Gasteiger partial charge in [0, 0.05) is 17.9 Å². The Morgan fingerprint density at radius 3 is 2.72 bits per heavy atom. The lowest BCUT2D eigenvalue weighted by molar-refractivity contribution is -0.118. The van der Waals surface area contributed by atoms with Crippen molar-refractivity contribution in [1.82, 2.24) is 0 Å². The predicted molar refractivity (Wildman–Crippen MR) is 76.1 cm³/mol. The molecule has 18 heavy (non-hydrogen) atoms. The van der Waals surface area contributed by atoms with Crippen molar-refractivity contribution in [2.24, 2.45) is 5.92 Å². The van der Waals surface area contributed by atoms with E-state index in [-0.39, 0.29) is 0 Å². The Balaban J connectivity index is 1.82. The second-order valence-electron chi connectivity index (χ2n) is 5.50. The van der Waals surface area contributed by atoms with Gasteiger partial charge in [-0.1, -0.05) is 49.4 Å². The predicted octanol–water partition coefficient (Wildman–Crippen LogP) is 4.73. The van der Waals surface area contributed by atoms with E-state index in [0.717, 1.165) is 34.9 Å². The second kappa shape index (κ2) is 6.38. The number of aryl methyl sites for hydroxylation is 1. The van der Waals surface area contributed by atoms with Gasteiger partial charge in [0.1, 0.15) is 5.78 Å². The van der Waals surface area contributed by atoms with Crippen LogP contribution in [0.15, 0.2) is 18.2 Å². The van der Waals surface area contributed by atoms with E-state index in [9.17, 15) is 4.79 Å². The van der Waals surface area contributed by atoms with Crippen molar-refractivity contribution in [3.8, 4) is 0 Å². The first-order chi connectivity index (χ1) is 8.65. The molecule has 0 N–H and O–H groups in total. The molecule has 0 spiro atoms. The second-order valence-corrected chi connectivity index (χ2v) is 5.91. The SMILES string of the molecule is Cc1ccc(CC(=O)CCC2CCCC2)c(Cl)c1. The fourth-order valence-corrected chi connectivity index (χ4v) is 3.06. The van der Waals surface area contributed by atoms with Crippen LogP contribution in [0.25, 0.3) is 0 Å². The van der Waals surface area contributed by atoms with Crippen LogP contribution >= 0.6 is 11.6 Å². The number of benzene rings is 1. The molecular formula is C16H21ClO. The molecule has 0 saturated heterocycles. The summed E-state index contributed by atoms with van der Waals surface area (Å²) in [5.41, 5.74) is 2.11. The van der Waals surface area contributed by atoms with E-state index in [1.807, 2.05) is 25.1 Å².